The lowest BCUT2D eigenvalue weighted by molar-refractivity contribution is 0.669. The second kappa shape index (κ2) is 13.6. The second-order valence-corrected chi connectivity index (χ2v) is 14.4. The summed E-state index contributed by atoms with van der Waals surface area (Å²) in [7, 11) is 0. The van der Waals surface area contributed by atoms with Crippen LogP contribution in [0.2, 0.25) is 0 Å². The van der Waals surface area contributed by atoms with Gasteiger partial charge < -0.3 is 13.9 Å². The summed E-state index contributed by atoms with van der Waals surface area (Å²) in [6.07, 6.45) is 3.65. The van der Waals surface area contributed by atoms with E-state index in [0.717, 1.165) is 66.9 Å². The molecular weight excluding hydrogens is 695 g/mol. The van der Waals surface area contributed by atoms with Crippen molar-refractivity contribution in [1.29, 1.82) is 0 Å². The molecule has 0 fully saturated rings. The van der Waals surface area contributed by atoms with Crippen LogP contribution in [0, 0.1) is 0 Å². The predicted octanol–water partition coefficient (Wildman–Crippen LogP) is 14.5. The van der Waals surface area contributed by atoms with E-state index < -0.39 is 0 Å². The maximum absolute atomic E-state index is 6.37. The summed E-state index contributed by atoms with van der Waals surface area (Å²) in [5.74, 6) is 0. The highest BCUT2D eigenvalue weighted by Crippen LogP contribution is 2.42. The largest absolute Gasteiger partial charge is 0.455 e. The first kappa shape index (κ1) is 32.7. The number of anilines is 3. The van der Waals surface area contributed by atoms with Gasteiger partial charge in [-0.15, -0.1) is 0 Å². The van der Waals surface area contributed by atoms with Gasteiger partial charge in [0, 0.05) is 62.3 Å². The standard InChI is InChI=1S/C53H35N3O/c1-3-12-36(13-4-1)43-31-30-42(34-48(43)38-24-28-41(29-25-38)56-50-20-9-7-16-45(50)46-17-8-10-21-51(46)56)55(39-14-5-2-6-15-39)40-26-22-37(23-27-40)44-18-11-19-47-49-35-54-33-32-52(49)57-53(44)47/h1-35H. The van der Waals surface area contributed by atoms with E-state index in [1.165, 1.54) is 32.9 Å². The lowest BCUT2D eigenvalue weighted by atomic mass is 9.93. The highest BCUT2D eigenvalue weighted by atomic mass is 16.3. The maximum Gasteiger partial charge on any atom is 0.143 e. The van der Waals surface area contributed by atoms with Crippen LogP contribution in [-0.2, 0) is 0 Å². The van der Waals surface area contributed by atoms with Crippen molar-refractivity contribution in [2.45, 2.75) is 0 Å². The zero-order valence-corrected chi connectivity index (χ0v) is 31.0. The Balaban J connectivity index is 1.03. The molecule has 0 aliphatic heterocycles. The first-order valence-corrected chi connectivity index (χ1v) is 19.3. The van der Waals surface area contributed by atoms with Crippen molar-refractivity contribution in [3.05, 3.63) is 213 Å². The minimum Gasteiger partial charge on any atom is -0.455 e. The smallest absolute Gasteiger partial charge is 0.143 e. The molecule has 0 aliphatic carbocycles. The summed E-state index contributed by atoms with van der Waals surface area (Å²) in [6, 6.07) is 71.5. The lowest BCUT2D eigenvalue weighted by Gasteiger charge is -2.27. The molecule has 0 spiro atoms. The summed E-state index contributed by atoms with van der Waals surface area (Å²) in [5, 5.41) is 4.61. The molecule has 0 amide bonds. The number of furan rings is 1. The molecule has 0 saturated heterocycles. The first-order chi connectivity index (χ1) is 28.3. The highest BCUT2D eigenvalue weighted by molar-refractivity contribution is 6.10. The van der Waals surface area contributed by atoms with Crippen molar-refractivity contribution in [3.8, 4) is 39.1 Å². The number of fused-ring (bicyclic) bond motifs is 6. The number of pyridine rings is 1. The molecule has 4 heteroatoms. The summed E-state index contributed by atoms with van der Waals surface area (Å²) < 4.78 is 8.74. The van der Waals surface area contributed by atoms with E-state index in [4.69, 9.17) is 4.42 Å². The Morgan fingerprint density at radius 1 is 0.404 bits per heavy atom. The Kier molecular flexibility index (Phi) is 7.78. The van der Waals surface area contributed by atoms with E-state index in [2.05, 4.69) is 209 Å². The van der Waals surface area contributed by atoms with Crippen LogP contribution in [0.15, 0.2) is 217 Å². The van der Waals surface area contributed by atoms with E-state index in [1.807, 2.05) is 12.3 Å². The summed E-state index contributed by atoms with van der Waals surface area (Å²) in [4.78, 5) is 6.68. The van der Waals surface area contributed by atoms with Gasteiger partial charge in [0.1, 0.15) is 11.2 Å². The SMILES string of the molecule is c1ccc(-c2ccc(N(c3ccccc3)c3ccc(-c4cccc5c4oc4ccncc45)cc3)cc2-c2ccc(-n3c4ccccc4c4ccccc43)cc2)cc1. The topological polar surface area (TPSA) is 34.2 Å². The molecule has 3 aromatic heterocycles. The molecule has 57 heavy (non-hydrogen) atoms. The van der Waals surface area contributed by atoms with Crippen molar-refractivity contribution < 1.29 is 4.42 Å². The molecule has 0 atom stereocenters. The van der Waals surface area contributed by atoms with E-state index in [-0.39, 0.29) is 0 Å². The fourth-order valence-electron chi connectivity index (χ4n) is 8.45. The number of rotatable bonds is 7. The molecule has 3 heterocycles. The normalized spacial score (nSPS) is 11.5. The third-order valence-electron chi connectivity index (χ3n) is 11.1. The highest BCUT2D eigenvalue weighted by Gasteiger charge is 2.19. The third-order valence-corrected chi connectivity index (χ3v) is 11.1. The Morgan fingerprint density at radius 2 is 0.982 bits per heavy atom. The molecule has 0 unspecified atom stereocenters. The number of hydrogen-bond donors (Lipinski definition) is 0. The summed E-state index contributed by atoms with van der Waals surface area (Å²) in [6.45, 7) is 0. The fourth-order valence-corrected chi connectivity index (χ4v) is 8.45. The van der Waals surface area contributed by atoms with Gasteiger partial charge in [-0.3, -0.25) is 4.98 Å². The van der Waals surface area contributed by atoms with Crippen LogP contribution in [0.4, 0.5) is 17.1 Å². The molecule has 8 aromatic carbocycles. The van der Waals surface area contributed by atoms with E-state index in [0.29, 0.717) is 0 Å². The minimum atomic E-state index is 0.843. The van der Waals surface area contributed by atoms with Gasteiger partial charge in [-0.1, -0.05) is 133 Å². The van der Waals surface area contributed by atoms with Gasteiger partial charge in [0.15, 0.2) is 0 Å². The van der Waals surface area contributed by atoms with E-state index >= 15 is 0 Å². The number of nitrogens with zero attached hydrogens (tertiary/aromatic N) is 3. The molecule has 11 rings (SSSR count). The monoisotopic (exact) mass is 729 g/mol. The van der Waals surface area contributed by atoms with Crippen LogP contribution in [0.1, 0.15) is 0 Å². The number of benzene rings is 8. The molecular formula is C53H35N3O. The molecule has 0 bridgehead atoms. The fraction of sp³-hybridized carbons (Fsp3) is 0. The minimum absolute atomic E-state index is 0.843. The zero-order valence-electron chi connectivity index (χ0n) is 31.0. The Hall–Kier alpha value is -7.69. The molecule has 268 valence electrons. The van der Waals surface area contributed by atoms with Crippen molar-refractivity contribution in [1.82, 2.24) is 9.55 Å². The summed E-state index contributed by atoms with van der Waals surface area (Å²) >= 11 is 0. The molecule has 0 aliphatic rings. The van der Waals surface area contributed by atoms with Crippen LogP contribution in [0.25, 0.3) is 82.8 Å². The van der Waals surface area contributed by atoms with Gasteiger partial charge in [-0.25, -0.2) is 0 Å². The maximum atomic E-state index is 6.37. The molecule has 0 saturated carbocycles. The predicted molar refractivity (Wildman–Crippen MR) is 237 cm³/mol. The van der Waals surface area contributed by atoms with E-state index in [1.54, 1.807) is 6.20 Å². The summed E-state index contributed by atoms with van der Waals surface area (Å²) in [5.41, 5.74) is 15.3. The van der Waals surface area contributed by atoms with Crippen molar-refractivity contribution >= 4 is 60.8 Å². The number of para-hydroxylation sites is 4. The van der Waals surface area contributed by atoms with Crippen LogP contribution in [0.5, 0.6) is 0 Å². The Morgan fingerprint density at radius 3 is 1.72 bits per heavy atom. The second-order valence-electron chi connectivity index (χ2n) is 14.4. The van der Waals surface area contributed by atoms with Crippen LogP contribution >= 0.6 is 0 Å². The van der Waals surface area contributed by atoms with Crippen molar-refractivity contribution in [3.63, 3.8) is 0 Å². The van der Waals surface area contributed by atoms with Crippen molar-refractivity contribution in [2.24, 2.45) is 0 Å². The van der Waals surface area contributed by atoms with Gasteiger partial charge >= 0.3 is 0 Å². The average Bonchev–Trinajstić information content (AvgIpc) is 3.84. The van der Waals surface area contributed by atoms with Gasteiger partial charge in [-0.2, -0.15) is 0 Å². The Bertz CT molecular complexity index is 3160. The van der Waals surface area contributed by atoms with Gasteiger partial charge in [0.2, 0.25) is 0 Å². The van der Waals surface area contributed by atoms with Crippen LogP contribution in [0.3, 0.4) is 0 Å². The molecule has 4 nitrogen and oxygen atoms in total. The quantitative estimate of drug-likeness (QED) is 0.164. The Labute approximate surface area is 330 Å². The molecule has 0 N–H and O–H groups in total. The van der Waals surface area contributed by atoms with Gasteiger partial charge in [0.25, 0.3) is 0 Å². The first-order valence-electron chi connectivity index (χ1n) is 19.3. The zero-order chi connectivity index (χ0) is 37.7. The average molecular weight is 730 g/mol. The third kappa shape index (κ3) is 5.58. The van der Waals surface area contributed by atoms with Gasteiger partial charge in [0.05, 0.1) is 11.0 Å². The van der Waals surface area contributed by atoms with Crippen molar-refractivity contribution in [2.75, 3.05) is 4.90 Å². The number of aromatic nitrogens is 2. The molecule has 0 radical (unpaired) electrons. The molecule has 11 aromatic rings. The van der Waals surface area contributed by atoms with E-state index in [9.17, 15) is 0 Å². The van der Waals surface area contributed by atoms with Crippen LogP contribution in [-0.4, -0.2) is 9.55 Å². The van der Waals surface area contributed by atoms with Crippen LogP contribution < -0.4 is 4.90 Å². The van der Waals surface area contributed by atoms with Gasteiger partial charge in [-0.05, 0) is 94.5 Å². The number of hydrogen-bond acceptors (Lipinski definition) is 3. The lowest BCUT2D eigenvalue weighted by Crippen LogP contribution is -2.10.